The molecule has 0 unspecified atom stereocenters. The van der Waals surface area contributed by atoms with Crippen molar-refractivity contribution in [2.75, 3.05) is 23.4 Å². The van der Waals surface area contributed by atoms with Gasteiger partial charge in [-0.25, -0.2) is 0 Å². The summed E-state index contributed by atoms with van der Waals surface area (Å²) in [7, 11) is 0. The number of nitrogens with zero attached hydrogens (tertiary/aromatic N) is 1. The van der Waals surface area contributed by atoms with Gasteiger partial charge in [-0.2, -0.15) is 0 Å². The number of carbonyl (C=O) groups is 2. The van der Waals surface area contributed by atoms with Crippen LogP contribution in [0.2, 0.25) is 0 Å². The summed E-state index contributed by atoms with van der Waals surface area (Å²) in [5, 5.41) is 3.00. The van der Waals surface area contributed by atoms with Gasteiger partial charge in [0.2, 0.25) is 11.8 Å². The van der Waals surface area contributed by atoms with E-state index in [0.717, 1.165) is 28.3 Å². The van der Waals surface area contributed by atoms with Gasteiger partial charge in [0.05, 0.1) is 12.5 Å². The quantitative estimate of drug-likeness (QED) is 0.893. The molecular weight excluding hydrogens is 328 g/mol. The summed E-state index contributed by atoms with van der Waals surface area (Å²) in [4.78, 5) is 26.7. The molecule has 1 aliphatic heterocycles. The van der Waals surface area contributed by atoms with E-state index in [9.17, 15) is 9.59 Å². The highest BCUT2D eigenvalue weighted by Gasteiger charge is 2.35. The number of ether oxygens (including phenoxy) is 1. The molecule has 1 N–H and O–H groups in total. The molecule has 136 valence electrons. The monoisotopic (exact) mass is 352 g/mol. The topological polar surface area (TPSA) is 58.6 Å². The maximum absolute atomic E-state index is 12.7. The Kier molecular flexibility index (Phi) is 5.26. The Labute approximate surface area is 154 Å². The van der Waals surface area contributed by atoms with Crippen LogP contribution in [-0.2, 0) is 9.59 Å². The second kappa shape index (κ2) is 7.60. The first-order valence-electron chi connectivity index (χ1n) is 8.90. The van der Waals surface area contributed by atoms with E-state index < -0.39 is 0 Å². The number of nitrogens with one attached hydrogen (secondary N) is 1. The van der Waals surface area contributed by atoms with E-state index in [1.165, 1.54) is 0 Å². The SMILES string of the molecule is CCOc1ccc(N2C[C@@H](C(=O)Nc3c(C)cccc3C)CC2=O)cc1. The molecule has 1 fully saturated rings. The molecule has 0 radical (unpaired) electrons. The summed E-state index contributed by atoms with van der Waals surface area (Å²) in [6, 6.07) is 13.3. The highest BCUT2D eigenvalue weighted by atomic mass is 16.5. The summed E-state index contributed by atoms with van der Waals surface area (Å²) in [5.74, 6) is 0.278. The van der Waals surface area contributed by atoms with Crippen molar-refractivity contribution in [3.63, 3.8) is 0 Å². The van der Waals surface area contributed by atoms with E-state index in [0.29, 0.717) is 13.2 Å². The zero-order valence-electron chi connectivity index (χ0n) is 15.4. The van der Waals surface area contributed by atoms with Crippen molar-refractivity contribution < 1.29 is 14.3 Å². The van der Waals surface area contributed by atoms with E-state index in [-0.39, 0.29) is 24.2 Å². The fraction of sp³-hybridized carbons (Fsp3) is 0.333. The highest BCUT2D eigenvalue weighted by Crippen LogP contribution is 2.28. The smallest absolute Gasteiger partial charge is 0.229 e. The number of aryl methyl sites for hydroxylation is 2. The molecule has 1 saturated heterocycles. The number of para-hydroxylation sites is 1. The lowest BCUT2D eigenvalue weighted by atomic mass is 10.1. The number of carbonyl (C=O) groups excluding carboxylic acids is 2. The van der Waals surface area contributed by atoms with Gasteiger partial charge in [0.25, 0.3) is 0 Å². The molecule has 1 atom stereocenters. The van der Waals surface area contributed by atoms with Crippen LogP contribution in [0.15, 0.2) is 42.5 Å². The number of hydrogen-bond donors (Lipinski definition) is 1. The Morgan fingerprint density at radius 2 is 1.81 bits per heavy atom. The number of anilines is 2. The molecule has 2 aromatic rings. The zero-order chi connectivity index (χ0) is 18.7. The number of rotatable bonds is 5. The molecule has 0 saturated carbocycles. The fourth-order valence-electron chi connectivity index (χ4n) is 3.26. The number of hydrogen-bond acceptors (Lipinski definition) is 3. The van der Waals surface area contributed by atoms with E-state index in [2.05, 4.69) is 5.32 Å². The lowest BCUT2D eigenvalue weighted by molar-refractivity contribution is -0.122. The second-order valence-corrected chi connectivity index (χ2v) is 6.59. The lowest BCUT2D eigenvalue weighted by Gasteiger charge is -2.18. The summed E-state index contributed by atoms with van der Waals surface area (Å²) >= 11 is 0. The molecule has 5 heteroatoms. The Hall–Kier alpha value is -2.82. The second-order valence-electron chi connectivity index (χ2n) is 6.59. The minimum Gasteiger partial charge on any atom is -0.494 e. The molecule has 0 aliphatic carbocycles. The van der Waals surface area contributed by atoms with Crippen LogP contribution < -0.4 is 15.0 Å². The molecule has 1 aliphatic rings. The van der Waals surface area contributed by atoms with E-state index in [1.807, 2.05) is 63.2 Å². The molecule has 0 spiro atoms. The third-order valence-corrected chi connectivity index (χ3v) is 4.68. The summed E-state index contributed by atoms with van der Waals surface area (Å²) in [6.45, 7) is 6.85. The largest absolute Gasteiger partial charge is 0.494 e. The molecule has 2 amide bonds. The van der Waals surface area contributed by atoms with Crippen molar-refractivity contribution in [3.05, 3.63) is 53.6 Å². The predicted octanol–water partition coefficient (Wildman–Crippen LogP) is 3.69. The maximum atomic E-state index is 12.7. The number of amides is 2. The van der Waals surface area contributed by atoms with Crippen LogP contribution in [0.25, 0.3) is 0 Å². The molecule has 2 aromatic carbocycles. The van der Waals surface area contributed by atoms with Gasteiger partial charge in [-0.1, -0.05) is 18.2 Å². The van der Waals surface area contributed by atoms with Crippen molar-refractivity contribution in [2.45, 2.75) is 27.2 Å². The van der Waals surface area contributed by atoms with Crippen molar-refractivity contribution >= 4 is 23.2 Å². The molecule has 3 rings (SSSR count). The Morgan fingerprint density at radius 1 is 1.15 bits per heavy atom. The standard InChI is InChI=1S/C21H24N2O3/c1-4-26-18-10-8-17(9-11-18)23-13-16(12-19(23)24)21(25)22-20-14(2)6-5-7-15(20)3/h5-11,16H,4,12-13H2,1-3H3,(H,22,25)/t16-/m0/s1. The van der Waals surface area contributed by atoms with Crippen LogP contribution in [0.3, 0.4) is 0 Å². The van der Waals surface area contributed by atoms with E-state index in [4.69, 9.17) is 4.74 Å². The molecular formula is C21H24N2O3. The third kappa shape index (κ3) is 3.72. The molecule has 5 nitrogen and oxygen atoms in total. The van der Waals surface area contributed by atoms with E-state index in [1.54, 1.807) is 4.90 Å². The minimum atomic E-state index is -0.354. The van der Waals surface area contributed by atoms with Crippen LogP contribution in [0.1, 0.15) is 24.5 Å². The van der Waals surface area contributed by atoms with Gasteiger partial charge >= 0.3 is 0 Å². The first kappa shape index (κ1) is 18.0. The summed E-state index contributed by atoms with van der Waals surface area (Å²) in [6.07, 6.45) is 0.226. The predicted molar refractivity (Wildman–Crippen MR) is 103 cm³/mol. The van der Waals surface area contributed by atoms with Crippen molar-refractivity contribution in [1.29, 1.82) is 0 Å². The van der Waals surface area contributed by atoms with Gasteiger partial charge in [0.1, 0.15) is 5.75 Å². The Morgan fingerprint density at radius 3 is 2.42 bits per heavy atom. The van der Waals surface area contributed by atoms with Crippen molar-refractivity contribution in [1.82, 2.24) is 0 Å². The zero-order valence-corrected chi connectivity index (χ0v) is 15.4. The first-order valence-corrected chi connectivity index (χ1v) is 8.90. The van der Waals surface area contributed by atoms with Gasteiger partial charge in [0, 0.05) is 24.3 Å². The van der Waals surface area contributed by atoms with Crippen LogP contribution >= 0.6 is 0 Å². The van der Waals surface area contributed by atoms with E-state index >= 15 is 0 Å². The molecule has 0 aromatic heterocycles. The minimum absolute atomic E-state index is 0.0317. The van der Waals surface area contributed by atoms with Gasteiger partial charge in [-0.15, -0.1) is 0 Å². The highest BCUT2D eigenvalue weighted by molar-refractivity contribution is 6.03. The fourth-order valence-corrected chi connectivity index (χ4v) is 3.26. The Balaban J connectivity index is 1.70. The van der Waals surface area contributed by atoms with Crippen molar-refractivity contribution in [2.24, 2.45) is 5.92 Å². The van der Waals surface area contributed by atoms with Crippen LogP contribution in [-0.4, -0.2) is 25.0 Å². The average Bonchev–Trinajstić information content (AvgIpc) is 3.01. The average molecular weight is 352 g/mol. The van der Waals surface area contributed by atoms with Gasteiger partial charge in [-0.05, 0) is 56.2 Å². The summed E-state index contributed by atoms with van der Waals surface area (Å²) in [5.41, 5.74) is 3.67. The maximum Gasteiger partial charge on any atom is 0.229 e. The van der Waals surface area contributed by atoms with Crippen LogP contribution in [0.5, 0.6) is 5.75 Å². The summed E-state index contributed by atoms with van der Waals surface area (Å²) < 4.78 is 5.43. The number of benzene rings is 2. The molecule has 0 bridgehead atoms. The molecule has 1 heterocycles. The molecule has 26 heavy (non-hydrogen) atoms. The van der Waals surface area contributed by atoms with Crippen LogP contribution in [0, 0.1) is 19.8 Å². The van der Waals surface area contributed by atoms with Crippen molar-refractivity contribution in [3.8, 4) is 5.75 Å². The Bertz CT molecular complexity index is 794. The van der Waals surface area contributed by atoms with Gasteiger partial charge < -0.3 is 15.0 Å². The van der Waals surface area contributed by atoms with Crippen LogP contribution in [0.4, 0.5) is 11.4 Å². The lowest BCUT2D eigenvalue weighted by Crippen LogP contribution is -2.28. The third-order valence-electron chi connectivity index (χ3n) is 4.68. The first-order chi connectivity index (χ1) is 12.5. The van der Waals surface area contributed by atoms with Gasteiger partial charge in [-0.3, -0.25) is 9.59 Å². The normalized spacial score (nSPS) is 16.7. The van der Waals surface area contributed by atoms with Gasteiger partial charge in [0.15, 0.2) is 0 Å².